The third-order valence-corrected chi connectivity index (χ3v) is 9.51. The van der Waals surface area contributed by atoms with Crippen LogP contribution < -0.4 is 61.6 Å². The maximum absolute atomic E-state index is 14.3. The van der Waals surface area contributed by atoms with E-state index in [0.29, 0.717) is 35.3 Å². The van der Waals surface area contributed by atoms with Crippen LogP contribution in [0.15, 0.2) is 66.7 Å². The van der Waals surface area contributed by atoms with Gasteiger partial charge >= 0.3 is 51.4 Å². The number of nitrogens with zero attached hydrogens (tertiary/aromatic N) is 1. The van der Waals surface area contributed by atoms with E-state index in [4.69, 9.17) is 28.0 Å². The summed E-state index contributed by atoms with van der Waals surface area (Å²) in [6.07, 6.45) is 4.17. The zero-order chi connectivity index (χ0) is 33.2. The molecule has 3 aromatic carbocycles. The average molecular weight is 752 g/mol. The molecule has 0 bridgehead atoms. The number of benzene rings is 3. The molecule has 16 heteroatoms. The van der Waals surface area contributed by atoms with Gasteiger partial charge in [0.2, 0.25) is 10.0 Å². The summed E-state index contributed by atoms with van der Waals surface area (Å²) in [5.41, 5.74) is 3.15. The van der Waals surface area contributed by atoms with Gasteiger partial charge in [-0.05, 0) is 53.3 Å². The van der Waals surface area contributed by atoms with E-state index in [0.717, 1.165) is 31.2 Å². The number of carbonyl (C=O) groups excluding carboxylic acids is 3. The van der Waals surface area contributed by atoms with Crippen LogP contribution in [0.3, 0.4) is 0 Å². The molecule has 1 aliphatic carbocycles. The molecule has 10 nitrogen and oxygen atoms in total. The zero-order valence-electron chi connectivity index (χ0n) is 26.1. The fourth-order valence-corrected chi connectivity index (χ4v) is 7.64. The van der Waals surface area contributed by atoms with Crippen molar-refractivity contribution in [3.8, 4) is 0 Å². The van der Waals surface area contributed by atoms with Gasteiger partial charge in [0, 0.05) is 27.7 Å². The van der Waals surface area contributed by atoms with E-state index < -0.39 is 57.4 Å². The largest absolute Gasteiger partial charge is 1.00 e. The molecule has 3 aromatic rings. The molecule has 1 aliphatic heterocycles. The summed E-state index contributed by atoms with van der Waals surface area (Å²) in [5, 5.41) is 0.531. The molecular formula is C32H33Cl2F2KN3O7S+. The quantitative estimate of drug-likeness (QED) is 0.139. The molecule has 4 atom stereocenters. The van der Waals surface area contributed by atoms with Crippen molar-refractivity contribution in [2.24, 2.45) is 0 Å². The monoisotopic (exact) mass is 750 g/mol. The molecule has 5 rings (SSSR count). The number of alkyl halides is 2. The van der Waals surface area contributed by atoms with Gasteiger partial charge in [0.05, 0.1) is 24.8 Å². The van der Waals surface area contributed by atoms with E-state index >= 15 is 0 Å². The fraction of sp³-hybridized carbons (Fsp3) is 0.344. The Labute approximate surface area is 329 Å². The molecular weight excluding hydrogens is 718 g/mol. The van der Waals surface area contributed by atoms with E-state index in [1.165, 1.54) is 18.2 Å². The average Bonchev–Trinajstić information content (AvgIpc) is 3.01. The van der Waals surface area contributed by atoms with Crippen LogP contribution in [-0.2, 0) is 42.5 Å². The minimum atomic E-state index is -3.81. The number of sulfonamides is 1. The topological polar surface area (TPSA) is 155 Å². The number of halogens is 4. The predicted octanol–water partition coefficient (Wildman–Crippen LogP) is 1.67. The van der Waals surface area contributed by atoms with Crippen molar-refractivity contribution < 1.29 is 93.3 Å². The van der Waals surface area contributed by atoms with E-state index in [1.54, 1.807) is 41.3 Å². The number of nitrogens with one attached hydrogen (secondary N) is 2. The molecule has 0 aromatic heterocycles. The van der Waals surface area contributed by atoms with E-state index in [-0.39, 0.29) is 79.6 Å². The summed E-state index contributed by atoms with van der Waals surface area (Å²) in [5.74, 6) is -5.95. The summed E-state index contributed by atoms with van der Waals surface area (Å²) < 4.78 is 55.2. The first-order chi connectivity index (χ1) is 21.8. The van der Waals surface area contributed by atoms with Crippen LogP contribution in [0.25, 0.3) is 0 Å². The van der Waals surface area contributed by atoms with Crippen molar-refractivity contribution in [3.05, 3.63) is 105 Å². The normalized spacial score (nSPS) is 20.9. The molecule has 2 amide bonds. The molecule has 5 N–H and O–H groups in total. The molecule has 1 heterocycles. The number of hydrogen-bond donors (Lipinski definition) is 2. The van der Waals surface area contributed by atoms with Gasteiger partial charge < -0.3 is 15.2 Å². The van der Waals surface area contributed by atoms with Crippen LogP contribution >= 0.6 is 23.2 Å². The summed E-state index contributed by atoms with van der Waals surface area (Å²) in [6.45, 7) is -0.319. The standard InChI is InChI=1S/C32H30Cl2F2N3O6S.K.H2O/c1-46(43,44)38-26-11-4-5-12-27(26)39-29(24-14-13-21(33)16-25(24)34)28(22-9-2-3-10-23(22)31(39)42)30(41)37-45-17-19-7-6-8-20(15-19)32(35,36)18-40;;/h2-3,6-10,13-16,26-29,38H,4-5,11-12,17H2,1H3,(H,37,41);;1H2/q-1;+1;/p+1/t26-,27-,28+,29-;;/m0../s1. The first-order valence-corrected chi connectivity index (χ1v) is 17.1. The second kappa shape index (κ2) is 16.9. The van der Waals surface area contributed by atoms with Gasteiger partial charge in [0.1, 0.15) is 0 Å². The molecule has 0 radical (unpaired) electrons. The van der Waals surface area contributed by atoms with Gasteiger partial charge in [-0.15, -0.1) is 0 Å². The molecule has 0 unspecified atom stereocenters. The number of fused-ring (bicyclic) bond motifs is 1. The molecule has 0 saturated heterocycles. The number of carbonyl (C=O) groups is 2. The summed E-state index contributed by atoms with van der Waals surface area (Å²) in [7, 11) is -3.65. The van der Waals surface area contributed by atoms with Crippen LogP contribution in [-0.4, -0.2) is 49.8 Å². The van der Waals surface area contributed by atoms with Gasteiger partial charge in [0.15, 0.2) is 5.92 Å². The first kappa shape index (κ1) is 40.6. The Bertz CT molecular complexity index is 1770. The number of hydrogen-bond acceptors (Lipinski definition) is 6. The van der Waals surface area contributed by atoms with Gasteiger partial charge in [-0.1, -0.05) is 84.6 Å². The summed E-state index contributed by atoms with van der Waals surface area (Å²) in [6, 6.07) is 14.0. The van der Waals surface area contributed by atoms with Crippen LogP contribution in [0.2, 0.25) is 10.0 Å². The summed E-state index contributed by atoms with van der Waals surface area (Å²) >= 11 is 12.9. The second-order valence-corrected chi connectivity index (χ2v) is 14.0. The van der Waals surface area contributed by atoms with Gasteiger partial charge in [-0.3, -0.25) is 14.4 Å². The summed E-state index contributed by atoms with van der Waals surface area (Å²) in [4.78, 5) is 46.2. The molecule has 1 saturated carbocycles. The molecule has 2 aliphatic rings. The van der Waals surface area contributed by atoms with Crippen LogP contribution in [0, 0.1) is 0 Å². The van der Waals surface area contributed by atoms with Crippen molar-refractivity contribution in [1.29, 1.82) is 0 Å². The van der Waals surface area contributed by atoms with Crippen molar-refractivity contribution in [2.75, 3.05) is 6.26 Å². The number of hydroxylamine groups is 1. The predicted molar refractivity (Wildman–Crippen MR) is 172 cm³/mol. The van der Waals surface area contributed by atoms with Crippen molar-refractivity contribution >= 4 is 51.3 Å². The minimum absolute atomic E-state index is 0. The fourth-order valence-electron chi connectivity index (χ4n) is 6.30. The Kier molecular flexibility index (Phi) is 14.3. The minimum Gasteiger partial charge on any atom is -0.536 e. The van der Waals surface area contributed by atoms with Gasteiger partial charge in [-0.2, -0.15) is 6.29 Å². The second-order valence-electron chi connectivity index (χ2n) is 11.4. The van der Waals surface area contributed by atoms with Crippen molar-refractivity contribution in [3.63, 3.8) is 0 Å². The van der Waals surface area contributed by atoms with E-state index in [1.807, 2.05) is 0 Å². The van der Waals surface area contributed by atoms with Crippen LogP contribution in [0.4, 0.5) is 8.78 Å². The van der Waals surface area contributed by atoms with Crippen LogP contribution in [0.5, 0.6) is 0 Å². The third-order valence-electron chi connectivity index (χ3n) is 8.22. The maximum atomic E-state index is 14.3. The van der Waals surface area contributed by atoms with Crippen molar-refractivity contribution in [2.45, 2.75) is 62.3 Å². The third kappa shape index (κ3) is 9.09. The van der Waals surface area contributed by atoms with Gasteiger partial charge in [-0.25, -0.2) is 27.4 Å². The Morgan fingerprint density at radius 2 is 1.75 bits per heavy atom. The molecule has 1 fully saturated rings. The van der Waals surface area contributed by atoms with Crippen LogP contribution in [0.1, 0.15) is 70.3 Å². The smallest absolute Gasteiger partial charge is 0.536 e. The van der Waals surface area contributed by atoms with E-state index in [9.17, 15) is 31.6 Å². The SMILES string of the molecule is CS(=O)(=O)N[C@H]1CCCC[C@@H]1N1C(=O)c2ccccc2[C@@H](C(=O)NOCc2cccc(C(F)(F)[C-]=O)c2)[C@@H]1c1ccc(Cl)cc1Cl.[K+].[OH3+]. The van der Waals surface area contributed by atoms with E-state index in [2.05, 4.69) is 10.2 Å². The Balaban J connectivity index is 0.00000312. The number of amides is 2. The Hall–Kier alpha value is -1.82. The zero-order valence-corrected chi connectivity index (χ0v) is 31.5. The molecule has 252 valence electrons. The molecule has 48 heavy (non-hydrogen) atoms. The maximum Gasteiger partial charge on any atom is 1.00 e. The Morgan fingerprint density at radius 1 is 1.04 bits per heavy atom. The first-order valence-electron chi connectivity index (χ1n) is 14.4. The van der Waals surface area contributed by atoms with Crippen molar-refractivity contribution in [1.82, 2.24) is 15.1 Å². The van der Waals surface area contributed by atoms with Gasteiger partial charge in [0.25, 0.3) is 11.8 Å². The Morgan fingerprint density at radius 3 is 2.44 bits per heavy atom. The number of rotatable bonds is 10. The molecule has 0 spiro atoms.